The van der Waals surface area contributed by atoms with Crippen LogP contribution in [-0.4, -0.2) is 22.5 Å². The van der Waals surface area contributed by atoms with Crippen LogP contribution in [0.4, 0.5) is 0 Å². The number of carbonyl (C=O) groups is 1. The summed E-state index contributed by atoms with van der Waals surface area (Å²) in [6.45, 7) is -0.0529. The van der Waals surface area contributed by atoms with Gasteiger partial charge in [0.25, 0.3) is 0 Å². The molecule has 0 radical (unpaired) electrons. The van der Waals surface area contributed by atoms with E-state index in [2.05, 4.69) is 21.8 Å². The third-order valence-electron chi connectivity index (χ3n) is 3.19. The van der Waals surface area contributed by atoms with Gasteiger partial charge in [0.2, 0.25) is 5.88 Å². The highest BCUT2D eigenvalue weighted by Crippen LogP contribution is 2.22. The van der Waals surface area contributed by atoms with Crippen LogP contribution in [-0.2, 0) is 4.74 Å². The van der Waals surface area contributed by atoms with Crippen molar-refractivity contribution in [1.82, 2.24) is 9.97 Å². The van der Waals surface area contributed by atoms with E-state index in [0.717, 1.165) is 5.56 Å². The Labute approximate surface area is 155 Å². The Balaban J connectivity index is 1.64. The van der Waals surface area contributed by atoms with E-state index in [1.165, 1.54) is 12.4 Å². The highest BCUT2D eigenvalue weighted by molar-refractivity contribution is 6.30. The second-order valence-electron chi connectivity index (χ2n) is 5.03. The largest absolute Gasteiger partial charge is 0.449 e. The molecule has 1 aromatic carbocycles. The van der Waals surface area contributed by atoms with Gasteiger partial charge in [0.05, 0.1) is 6.20 Å². The molecule has 0 unspecified atom stereocenters. The summed E-state index contributed by atoms with van der Waals surface area (Å²) in [5, 5.41) is 0.639. The topological polar surface area (TPSA) is 61.3 Å². The average Bonchev–Trinajstić information content (AvgIpc) is 2.68. The molecular formula is C20H13ClN2O3. The highest BCUT2D eigenvalue weighted by Gasteiger charge is 2.15. The molecule has 0 aliphatic heterocycles. The molecule has 0 saturated heterocycles. The molecule has 6 heteroatoms. The molecule has 0 fully saturated rings. The molecule has 0 aliphatic rings. The molecule has 0 bridgehead atoms. The fourth-order valence-corrected chi connectivity index (χ4v) is 2.12. The fourth-order valence-electron chi connectivity index (χ4n) is 2.00. The minimum Gasteiger partial charge on any atom is -0.449 e. The first-order valence-corrected chi connectivity index (χ1v) is 8.04. The number of ether oxygens (including phenoxy) is 2. The van der Waals surface area contributed by atoms with E-state index in [1.54, 1.807) is 54.7 Å². The summed E-state index contributed by atoms with van der Waals surface area (Å²) in [5.41, 5.74) is 0.997. The molecule has 26 heavy (non-hydrogen) atoms. The average molecular weight is 365 g/mol. The number of hydrogen-bond acceptors (Lipinski definition) is 5. The third kappa shape index (κ3) is 4.82. The van der Waals surface area contributed by atoms with E-state index >= 15 is 0 Å². The Bertz CT molecular complexity index is 948. The van der Waals surface area contributed by atoms with Gasteiger partial charge in [0, 0.05) is 23.0 Å². The number of esters is 1. The van der Waals surface area contributed by atoms with Crippen LogP contribution in [0.3, 0.4) is 0 Å². The monoisotopic (exact) mass is 364 g/mol. The van der Waals surface area contributed by atoms with Crippen molar-refractivity contribution in [2.24, 2.45) is 0 Å². The molecule has 0 amide bonds. The zero-order valence-electron chi connectivity index (χ0n) is 13.6. The van der Waals surface area contributed by atoms with Crippen LogP contribution in [0, 0.1) is 11.8 Å². The van der Waals surface area contributed by atoms with Gasteiger partial charge in [-0.3, -0.25) is 4.98 Å². The van der Waals surface area contributed by atoms with E-state index in [1.807, 2.05) is 0 Å². The van der Waals surface area contributed by atoms with Gasteiger partial charge in [-0.15, -0.1) is 0 Å². The highest BCUT2D eigenvalue weighted by atomic mass is 35.5. The summed E-state index contributed by atoms with van der Waals surface area (Å²) < 4.78 is 10.8. The van der Waals surface area contributed by atoms with Crippen molar-refractivity contribution in [3.63, 3.8) is 0 Å². The quantitative estimate of drug-likeness (QED) is 0.514. The molecule has 5 nitrogen and oxygen atoms in total. The van der Waals surface area contributed by atoms with Crippen LogP contribution in [0.1, 0.15) is 15.9 Å². The maximum Gasteiger partial charge on any atom is 0.344 e. The Kier molecular flexibility index (Phi) is 5.81. The molecule has 0 atom stereocenters. The molecule has 128 valence electrons. The molecular weight excluding hydrogens is 352 g/mol. The van der Waals surface area contributed by atoms with Gasteiger partial charge in [-0.2, -0.15) is 0 Å². The van der Waals surface area contributed by atoms with Crippen LogP contribution in [0.25, 0.3) is 0 Å². The first kappa shape index (κ1) is 17.5. The third-order valence-corrected chi connectivity index (χ3v) is 3.44. The lowest BCUT2D eigenvalue weighted by atomic mass is 10.2. The van der Waals surface area contributed by atoms with Crippen LogP contribution < -0.4 is 4.74 Å². The molecule has 2 aromatic heterocycles. The van der Waals surface area contributed by atoms with Crippen molar-refractivity contribution >= 4 is 17.6 Å². The van der Waals surface area contributed by atoms with Crippen LogP contribution in [0.5, 0.6) is 11.6 Å². The summed E-state index contributed by atoms with van der Waals surface area (Å²) in [7, 11) is 0. The Morgan fingerprint density at radius 2 is 1.88 bits per heavy atom. The molecule has 3 aromatic rings. The molecule has 0 saturated carbocycles. The van der Waals surface area contributed by atoms with E-state index in [0.29, 0.717) is 10.8 Å². The standard InChI is InChI=1S/C20H13ClN2O3/c21-16-9-7-15(8-10-16)4-3-13-25-20(24)18-6-2-12-23-19(18)26-17-5-1-11-22-14-17/h1-2,5-12,14H,13H2. The number of nitrogens with zero attached hydrogens (tertiary/aromatic N) is 2. The van der Waals surface area contributed by atoms with Gasteiger partial charge in [-0.05, 0) is 48.5 Å². The molecule has 2 heterocycles. The molecule has 0 spiro atoms. The molecule has 0 aliphatic carbocycles. The number of aromatic nitrogens is 2. The number of carbonyl (C=O) groups excluding carboxylic acids is 1. The van der Waals surface area contributed by atoms with Gasteiger partial charge < -0.3 is 9.47 Å². The van der Waals surface area contributed by atoms with Gasteiger partial charge in [0.1, 0.15) is 11.3 Å². The fraction of sp³-hybridized carbons (Fsp3) is 0.0500. The first-order chi connectivity index (χ1) is 12.7. The predicted octanol–water partition coefficient (Wildman–Crippen LogP) is 4.13. The summed E-state index contributed by atoms with van der Waals surface area (Å²) >= 11 is 5.82. The summed E-state index contributed by atoms with van der Waals surface area (Å²) in [4.78, 5) is 20.3. The van der Waals surface area contributed by atoms with Gasteiger partial charge in [-0.25, -0.2) is 9.78 Å². The zero-order chi connectivity index (χ0) is 18.2. The van der Waals surface area contributed by atoms with Gasteiger partial charge >= 0.3 is 5.97 Å². The van der Waals surface area contributed by atoms with Crippen LogP contribution >= 0.6 is 11.6 Å². The zero-order valence-corrected chi connectivity index (χ0v) is 14.3. The summed E-state index contributed by atoms with van der Waals surface area (Å²) in [6, 6.07) is 13.7. The SMILES string of the molecule is O=C(OCC#Cc1ccc(Cl)cc1)c1cccnc1Oc1cccnc1. The number of pyridine rings is 2. The maximum atomic E-state index is 12.3. The lowest BCUT2D eigenvalue weighted by Gasteiger charge is -2.08. The second kappa shape index (κ2) is 8.65. The Hall–Kier alpha value is -3.36. The Morgan fingerprint density at radius 1 is 1.08 bits per heavy atom. The minimum absolute atomic E-state index is 0.0529. The van der Waals surface area contributed by atoms with Crippen molar-refractivity contribution in [3.8, 4) is 23.5 Å². The van der Waals surface area contributed by atoms with E-state index < -0.39 is 5.97 Å². The lowest BCUT2D eigenvalue weighted by Crippen LogP contribution is -2.08. The van der Waals surface area contributed by atoms with Crippen molar-refractivity contribution in [1.29, 1.82) is 0 Å². The number of rotatable bonds is 4. The molecule has 0 N–H and O–H groups in total. The van der Waals surface area contributed by atoms with Gasteiger partial charge in [-0.1, -0.05) is 23.4 Å². The normalized spacial score (nSPS) is 9.73. The number of halogens is 1. The lowest BCUT2D eigenvalue weighted by molar-refractivity contribution is 0.0553. The number of benzene rings is 1. The predicted molar refractivity (Wildman–Crippen MR) is 97.2 cm³/mol. The summed E-state index contributed by atoms with van der Waals surface area (Å²) in [5.74, 6) is 5.73. The van der Waals surface area contributed by atoms with Crippen molar-refractivity contribution in [3.05, 3.63) is 83.3 Å². The van der Waals surface area contributed by atoms with E-state index in [9.17, 15) is 4.79 Å². The number of hydrogen-bond donors (Lipinski definition) is 0. The maximum absolute atomic E-state index is 12.3. The van der Waals surface area contributed by atoms with Crippen molar-refractivity contribution in [2.75, 3.05) is 6.61 Å². The van der Waals surface area contributed by atoms with E-state index in [4.69, 9.17) is 21.1 Å². The first-order valence-electron chi connectivity index (χ1n) is 7.67. The van der Waals surface area contributed by atoms with E-state index in [-0.39, 0.29) is 18.1 Å². The molecule has 3 rings (SSSR count). The van der Waals surface area contributed by atoms with Crippen LogP contribution in [0.2, 0.25) is 5.02 Å². The summed E-state index contributed by atoms with van der Waals surface area (Å²) in [6.07, 6.45) is 4.68. The van der Waals surface area contributed by atoms with Gasteiger partial charge in [0.15, 0.2) is 6.61 Å². The van der Waals surface area contributed by atoms with Crippen molar-refractivity contribution < 1.29 is 14.3 Å². The smallest absolute Gasteiger partial charge is 0.344 e. The second-order valence-corrected chi connectivity index (χ2v) is 5.47. The minimum atomic E-state index is -0.567. The Morgan fingerprint density at radius 3 is 2.65 bits per heavy atom. The van der Waals surface area contributed by atoms with Crippen molar-refractivity contribution in [2.45, 2.75) is 0 Å². The van der Waals surface area contributed by atoms with Crippen LogP contribution in [0.15, 0.2) is 67.1 Å².